The normalized spacial score (nSPS) is 18.6. The van der Waals surface area contributed by atoms with Gasteiger partial charge in [-0.1, -0.05) is 32.9 Å². The molecule has 2 N–H and O–H groups in total. The Bertz CT molecular complexity index is 470. The largest absolute Gasteiger partial charge is 0.380 e. The topological polar surface area (TPSA) is 49.3 Å². The number of aliphatic hydroxyl groups is 1. The van der Waals surface area contributed by atoms with Crippen LogP contribution in [0.2, 0.25) is 0 Å². The van der Waals surface area contributed by atoms with Gasteiger partial charge in [0.2, 0.25) is 0 Å². The number of hydrogen-bond donors (Lipinski definition) is 2. The Labute approximate surface area is 125 Å². The third kappa shape index (κ3) is 3.55. The minimum absolute atomic E-state index is 0.0985. The van der Waals surface area contributed by atoms with Gasteiger partial charge in [-0.2, -0.15) is 11.8 Å². The van der Waals surface area contributed by atoms with Gasteiger partial charge in [-0.3, -0.25) is 4.79 Å². The summed E-state index contributed by atoms with van der Waals surface area (Å²) in [6.45, 7) is 6.47. The van der Waals surface area contributed by atoms with Crippen LogP contribution in [0.1, 0.15) is 39.2 Å². The second kappa shape index (κ2) is 5.78. The van der Waals surface area contributed by atoms with Gasteiger partial charge in [-0.05, 0) is 47.5 Å². The number of anilines is 1. The predicted molar refractivity (Wildman–Crippen MR) is 85.3 cm³/mol. The highest BCUT2D eigenvalue weighted by Crippen LogP contribution is 2.29. The van der Waals surface area contributed by atoms with Crippen molar-refractivity contribution < 1.29 is 9.90 Å². The van der Waals surface area contributed by atoms with Crippen LogP contribution in [0.4, 0.5) is 5.69 Å². The van der Waals surface area contributed by atoms with Gasteiger partial charge < -0.3 is 10.4 Å². The summed E-state index contributed by atoms with van der Waals surface area (Å²) in [4.78, 5) is 12.2. The van der Waals surface area contributed by atoms with Crippen molar-refractivity contribution in [1.82, 2.24) is 0 Å². The molecule has 1 amide bonds. The molecule has 0 spiro atoms. The molecule has 110 valence electrons. The zero-order valence-electron chi connectivity index (χ0n) is 12.4. The lowest BCUT2D eigenvalue weighted by molar-refractivity contribution is -0.134. The van der Waals surface area contributed by atoms with Crippen molar-refractivity contribution in [2.24, 2.45) is 0 Å². The predicted octanol–water partition coefficient (Wildman–Crippen LogP) is 3.18. The smallest absolute Gasteiger partial charge is 0.256 e. The number of rotatable bonds is 2. The van der Waals surface area contributed by atoms with E-state index in [9.17, 15) is 9.90 Å². The number of carbonyl (C=O) groups excluding carboxylic acids is 1. The van der Waals surface area contributed by atoms with Crippen LogP contribution in [0.3, 0.4) is 0 Å². The Morgan fingerprint density at radius 3 is 2.25 bits per heavy atom. The molecular weight excluding hydrogens is 270 g/mol. The quantitative estimate of drug-likeness (QED) is 0.880. The van der Waals surface area contributed by atoms with Crippen LogP contribution in [-0.2, 0) is 10.2 Å². The van der Waals surface area contributed by atoms with Crippen LogP contribution in [0.15, 0.2) is 24.3 Å². The Balaban J connectivity index is 2.04. The summed E-state index contributed by atoms with van der Waals surface area (Å²) in [5.74, 6) is 1.40. The lowest BCUT2D eigenvalue weighted by Gasteiger charge is -2.30. The lowest BCUT2D eigenvalue weighted by atomic mass is 9.87. The molecule has 0 atom stereocenters. The molecule has 0 aromatic heterocycles. The summed E-state index contributed by atoms with van der Waals surface area (Å²) in [6, 6.07) is 7.85. The molecule has 3 nitrogen and oxygen atoms in total. The zero-order chi connectivity index (χ0) is 14.8. The monoisotopic (exact) mass is 293 g/mol. The van der Waals surface area contributed by atoms with Gasteiger partial charge in [0.25, 0.3) is 5.91 Å². The Morgan fingerprint density at radius 1 is 1.20 bits per heavy atom. The average Bonchev–Trinajstić information content (AvgIpc) is 2.39. The second-order valence-corrected chi connectivity index (χ2v) is 7.65. The van der Waals surface area contributed by atoms with Gasteiger partial charge in [0, 0.05) is 5.69 Å². The minimum Gasteiger partial charge on any atom is -0.380 e. The van der Waals surface area contributed by atoms with Crippen LogP contribution in [0.25, 0.3) is 0 Å². The second-order valence-electron chi connectivity index (χ2n) is 6.43. The first kappa shape index (κ1) is 15.4. The summed E-state index contributed by atoms with van der Waals surface area (Å²) in [6.07, 6.45) is 1.06. The summed E-state index contributed by atoms with van der Waals surface area (Å²) >= 11 is 1.79. The molecule has 0 unspecified atom stereocenters. The summed E-state index contributed by atoms with van der Waals surface area (Å²) in [7, 11) is 0. The van der Waals surface area contributed by atoms with E-state index >= 15 is 0 Å². The average molecular weight is 293 g/mol. The molecule has 1 heterocycles. The molecule has 4 heteroatoms. The highest BCUT2D eigenvalue weighted by atomic mass is 32.2. The van der Waals surface area contributed by atoms with Crippen molar-refractivity contribution in [3.63, 3.8) is 0 Å². The molecule has 20 heavy (non-hydrogen) atoms. The number of benzene rings is 1. The zero-order valence-corrected chi connectivity index (χ0v) is 13.2. The van der Waals surface area contributed by atoms with Crippen LogP contribution in [-0.4, -0.2) is 28.1 Å². The van der Waals surface area contributed by atoms with E-state index in [1.54, 1.807) is 11.8 Å². The first-order chi connectivity index (χ1) is 9.31. The van der Waals surface area contributed by atoms with Crippen molar-refractivity contribution in [2.75, 3.05) is 16.8 Å². The van der Waals surface area contributed by atoms with E-state index < -0.39 is 5.60 Å². The van der Waals surface area contributed by atoms with Gasteiger partial charge in [0.15, 0.2) is 0 Å². The minimum atomic E-state index is -1.20. The maximum absolute atomic E-state index is 12.2. The van der Waals surface area contributed by atoms with Crippen molar-refractivity contribution in [2.45, 2.75) is 44.6 Å². The molecule has 2 rings (SSSR count). The molecule has 1 fully saturated rings. The van der Waals surface area contributed by atoms with Gasteiger partial charge in [-0.15, -0.1) is 0 Å². The number of amides is 1. The summed E-state index contributed by atoms with van der Waals surface area (Å²) in [5.41, 5.74) is 0.868. The van der Waals surface area contributed by atoms with Crippen LogP contribution in [0, 0.1) is 0 Å². The number of thioether (sulfide) groups is 1. The molecule has 0 bridgehead atoms. The number of carbonyl (C=O) groups is 1. The first-order valence-electron chi connectivity index (χ1n) is 7.03. The van der Waals surface area contributed by atoms with E-state index in [-0.39, 0.29) is 11.3 Å². The maximum Gasteiger partial charge on any atom is 0.256 e. The third-order valence-corrected chi connectivity index (χ3v) is 4.74. The van der Waals surface area contributed by atoms with E-state index in [0.29, 0.717) is 12.8 Å². The van der Waals surface area contributed by atoms with E-state index in [1.165, 1.54) is 5.56 Å². The van der Waals surface area contributed by atoms with E-state index in [1.807, 2.05) is 24.3 Å². The van der Waals surface area contributed by atoms with Crippen molar-refractivity contribution in [3.05, 3.63) is 29.8 Å². The third-order valence-electron chi connectivity index (χ3n) is 3.75. The first-order valence-corrected chi connectivity index (χ1v) is 8.19. The molecule has 0 aliphatic carbocycles. The molecule has 1 aliphatic rings. The summed E-state index contributed by atoms with van der Waals surface area (Å²) < 4.78 is 0. The fourth-order valence-electron chi connectivity index (χ4n) is 2.24. The van der Waals surface area contributed by atoms with E-state index in [2.05, 4.69) is 26.1 Å². The lowest BCUT2D eigenvalue weighted by Crippen LogP contribution is -2.45. The number of nitrogens with one attached hydrogen (secondary N) is 1. The molecule has 1 aliphatic heterocycles. The Morgan fingerprint density at radius 2 is 1.75 bits per heavy atom. The van der Waals surface area contributed by atoms with Gasteiger partial charge in [0.05, 0.1) is 0 Å². The van der Waals surface area contributed by atoms with E-state index in [0.717, 1.165) is 17.2 Å². The van der Waals surface area contributed by atoms with Crippen molar-refractivity contribution in [3.8, 4) is 0 Å². The van der Waals surface area contributed by atoms with Crippen LogP contribution < -0.4 is 5.32 Å². The number of hydrogen-bond acceptors (Lipinski definition) is 3. The van der Waals surface area contributed by atoms with Gasteiger partial charge >= 0.3 is 0 Å². The van der Waals surface area contributed by atoms with Crippen LogP contribution in [0.5, 0.6) is 0 Å². The highest BCUT2D eigenvalue weighted by Gasteiger charge is 2.37. The SMILES string of the molecule is CC(C)(C)c1ccc(NC(=O)C2(O)CCSCC2)cc1. The van der Waals surface area contributed by atoms with Crippen molar-refractivity contribution in [1.29, 1.82) is 0 Å². The fourth-order valence-corrected chi connectivity index (χ4v) is 3.41. The summed E-state index contributed by atoms with van der Waals surface area (Å²) in [5, 5.41) is 13.2. The van der Waals surface area contributed by atoms with Crippen molar-refractivity contribution >= 4 is 23.4 Å². The molecular formula is C16H23NO2S. The highest BCUT2D eigenvalue weighted by molar-refractivity contribution is 7.99. The standard InChI is InChI=1S/C16H23NO2S/c1-15(2,3)12-4-6-13(7-5-12)17-14(18)16(19)8-10-20-11-9-16/h4-7,19H,8-11H2,1-3H3,(H,17,18). The van der Waals surface area contributed by atoms with E-state index in [4.69, 9.17) is 0 Å². The fraction of sp³-hybridized carbons (Fsp3) is 0.562. The molecule has 1 saturated heterocycles. The molecule has 1 aromatic rings. The molecule has 1 aromatic carbocycles. The Hall–Kier alpha value is -1.00. The Kier molecular flexibility index (Phi) is 4.45. The maximum atomic E-state index is 12.2. The molecule has 0 radical (unpaired) electrons. The van der Waals surface area contributed by atoms with Crippen LogP contribution >= 0.6 is 11.8 Å². The van der Waals surface area contributed by atoms with Gasteiger partial charge in [0.1, 0.15) is 5.60 Å². The van der Waals surface area contributed by atoms with Gasteiger partial charge in [-0.25, -0.2) is 0 Å². The molecule has 0 saturated carbocycles.